The highest BCUT2D eigenvalue weighted by atomic mass is 16.3. The van der Waals surface area contributed by atoms with Gasteiger partial charge in [0.05, 0.1) is 19.3 Å². The molecule has 0 aromatic heterocycles. The number of aliphatic hydroxyl groups is 3. The number of nitrogens with zero attached hydrogens (tertiary/aromatic N) is 1. The van der Waals surface area contributed by atoms with Crippen molar-refractivity contribution in [1.29, 1.82) is 0 Å². The van der Waals surface area contributed by atoms with E-state index in [0.717, 1.165) is 25.7 Å². The summed E-state index contributed by atoms with van der Waals surface area (Å²) in [5.74, 6) is 0. The lowest BCUT2D eigenvalue weighted by Crippen LogP contribution is -2.47. The zero-order chi connectivity index (χ0) is 10.4. The van der Waals surface area contributed by atoms with Crippen molar-refractivity contribution < 1.29 is 15.3 Å². The zero-order valence-corrected chi connectivity index (χ0v) is 8.60. The highest BCUT2D eigenvalue weighted by molar-refractivity contribution is 4.82. The number of aliphatic hydroxyl groups excluding tert-OH is 3. The van der Waals surface area contributed by atoms with Crippen LogP contribution in [0.3, 0.4) is 0 Å². The summed E-state index contributed by atoms with van der Waals surface area (Å²) in [6.45, 7) is 1.26. The molecule has 0 radical (unpaired) electrons. The average molecular weight is 203 g/mol. The van der Waals surface area contributed by atoms with Gasteiger partial charge in [-0.1, -0.05) is 12.8 Å². The fraction of sp³-hybridized carbons (Fsp3) is 1.00. The molecule has 1 aliphatic carbocycles. The summed E-state index contributed by atoms with van der Waals surface area (Å²) in [5, 5.41) is 27.5. The van der Waals surface area contributed by atoms with Gasteiger partial charge in [-0.2, -0.15) is 0 Å². The first-order chi connectivity index (χ1) is 6.79. The first kappa shape index (κ1) is 11.9. The first-order valence-electron chi connectivity index (χ1n) is 5.43. The van der Waals surface area contributed by atoms with Crippen LogP contribution in [0, 0.1) is 0 Å². The van der Waals surface area contributed by atoms with Crippen molar-refractivity contribution in [3.63, 3.8) is 0 Å². The van der Waals surface area contributed by atoms with E-state index in [1.54, 1.807) is 0 Å². The Morgan fingerprint density at radius 3 is 2.07 bits per heavy atom. The Morgan fingerprint density at radius 1 is 1.00 bits per heavy atom. The molecule has 0 bridgehead atoms. The molecule has 0 aromatic rings. The molecule has 2 atom stereocenters. The van der Waals surface area contributed by atoms with Gasteiger partial charge in [0.15, 0.2) is 0 Å². The van der Waals surface area contributed by atoms with Gasteiger partial charge < -0.3 is 15.3 Å². The van der Waals surface area contributed by atoms with E-state index in [4.69, 9.17) is 10.2 Å². The quantitative estimate of drug-likeness (QED) is 0.568. The zero-order valence-electron chi connectivity index (χ0n) is 8.60. The van der Waals surface area contributed by atoms with Gasteiger partial charge in [0.25, 0.3) is 0 Å². The van der Waals surface area contributed by atoms with Crippen molar-refractivity contribution in [3.8, 4) is 0 Å². The Balaban J connectivity index is 2.46. The fourth-order valence-corrected chi connectivity index (χ4v) is 2.22. The minimum Gasteiger partial charge on any atom is -0.395 e. The van der Waals surface area contributed by atoms with Crippen LogP contribution in [0.4, 0.5) is 0 Å². The minimum atomic E-state index is -0.290. The Hall–Kier alpha value is -0.160. The molecule has 0 unspecified atom stereocenters. The van der Waals surface area contributed by atoms with E-state index < -0.39 is 0 Å². The average Bonchev–Trinajstić information content (AvgIpc) is 2.18. The predicted octanol–water partition coefficient (Wildman–Crippen LogP) is -0.424. The van der Waals surface area contributed by atoms with Gasteiger partial charge in [0.2, 0.25) is 0 Å². The van der Waals surface area contributed by atoms with Crippen LogP contribution in [0.2, 0.25) is 0 Å². The molecule has 4 heteroatoms. The molecule has 1 fully saturated rings. The van der Waals surface area contributed by atoms with Crippen molar-refractivity contribution in [2.24, 2.45) is 0 Å². The molecule has 0 saturated heterocycles. The van der Waals surface area contributed by atoms with E-state index in [9.17, 15) is 5.11 Å². The van der Waals surface area contributed by atoms with Crippen LogP contribution in [0.15, 0.2) is 0 Å². The molecule has 0 spiro atoms. The van der Waals surface area contributed by atoms with E-state index in [2.05, 4.69) is 0 Å². The highest BCUT2D eigenvalue weighted by Crippen LogP contribution is 2.22. The molecular weight excluding hydrogens is 182 g/mol. The fourth-order valence-electron chi connectivity index (χ4n) is 2.22. The number of rotatable bonds is 5. The first-order valence-corrected chi connectivity index (χ1v) is 5.43. The second-order valence-electron chi connectivity index (χ2n) is 3.90. The van der Waals surface area contributed by atoms with Crippen molar-refractivity contribution in [2.75, 3.05) is 26.3 Å². The summed E-state index contributed by atoms with van der Waals surface area (Å²) in [6.07, 6.45) is 3.75. The molecule has 0 amide bonds. The molecule has 0 aliphatic heterocycles. The van der Waals surface area contributed by atoms with Gasteiger partial charge >= 0.3 is 0 Å². The second-order valence-corrected chi connectivity index (χ2v) is 3.90. The number of hydrogen-bond acceptors (Lipinski definition) is 4. The van der Waals surface area contributed by atoms with Crippen LogP contribution < -0.4 is 0 Å². The van der Waals surface area contributed by atoms with Gasteiger partial charge in [-0.15, -0.1) is 0 Å². The van der Waals surface area contributed by atoms with Crippen LogP contribution in [0.1, 0.15) is 25.7 Å². The molecule has 0 heterocycles. The summed E-state index contributed by atoms with van der Waals surface area (Å²) in [6, 6.07) is 0.128. The van der Waals surface area contributed by atoms with E-state index in [0.29, 0.717) is 13.1 Å². The molecule has 3 N–H and O–H groups in total. The predicted molar refractivity (Wildman–Crippen MR) is 54.0 cm³/mol. The summed E-state index contributed by atoms with van der Waals surface area (Å²) >= 11 is 0. The van der Waals surface area contributed by atoms with Crippen LogP contribution in [0.25, 0.3) is 0 Å². The summed E-state index contributed by atoms with van der Waals surface area (Å²) in [5.41, 5.74) is 0. The van der Waals surface area contributed by atoms with Crippen LogP contribution in [-0.4, -0.2) is 58.7 Å². The Morgan fingerprint density at radius 2 is 1.57 bits per heavy atom. The standard InChI is InChI=1S/C10H21NO3/c12-7-5-11(6-8-13)9-3-1-2-4-10(9)14/h9-10,12-14H,1-8H2/t9-,10-/m1/s1. The van der Waals surface area contributed by atoms with Crippen molar-refractivity contribution in [1.82, 2.24) is 4.90 Å². The van der Waals surface area contributed by atoms with Crippen LogP contribution in [-0.2, 0) is 0 Å². The van der Waals surface area contributed by atoms with E-state index in [-0.39, 0.29) is 25.4 Å². The SMILES string of the molecule is OCCN(CCO)[C@@H]1CCCC[C@H]1O. The van der Waals surface area contributed by atoms with Crippen LogP contribution >= 0.6 is 0 Å². The van der Waals surface area contributed by atoms with Gasteiger partial charge in [0, 0.05) is 19.1 Å². The monoisotopic (exact) mass is 203 g/mol. The summed E-state index contributed by atoms with van der Waals surface area (Å²) in [7, 11) is 0. The van der Waals surface area contributed by atoms with E-state index in [1.807, 2.05) is 4.90 Å². The van der Waals surface area contributed by atoms with E-state index >= 15 is 0 Å². The third-order valence-corrected chi connectivity index (χ3v) is 2.94. The third-order valence-electron chi connectivity index (χ3n) is 2.94. The van der Waals surface area contributed by atoms with Gasteiger partial charge in [-0.3, -0.25) is 4.90 Å². The maximum absolute atomic E-state index is 9.79. The molecular formula is C10H21NO3. The number of hydrogen-bond donors (Lipinski definition) is 3. The highest BCUT2D eigenvalue weighted by Gasteiger charge is 2.27. The molecule has 1 saturated carbocycles. The molecule has 1 rings (SSSR count). The summed E-state index contributed by atoms with van der Waals surface area (Å²) < 4.78 is 0. The normalized spacial score (nSPS) is 28.3. The van der Waals surface area contributed by atoms with Gasteiger partial charge in [-0.25, -0.2) is 0 Å². The topological polar surface area (TPSA) is 63.9 Å². The van der Waals surface area contributed by atoms with Gasteiger partial charge in [0.1, 0.15) is 0 Å². The molecule has 4 nitrogen and oxygen atoms in total. The maximum atomic E-state index is 9.79. The van der Waals surface area contributed by atoms with Crippen molar-refractivity contribution >= 4 is 0 Å². The Labute approximate surface area is 85.2 Å². The van der Waals surface area contributed by atoms with E-state index in [1.165, 1.54) is 0 Å². The lowest BCUT2D eigenvalue weighted by molar-refractivity contribution is 0.00597. The molecule has 84 valence electrons. The second kappa shape index (κ2) is 6.35. The molecule has 1 aliphatic rings. The lowest BCUT2D eigenvalue weighted by Gasteiger charge is -2.37. The Kier molecular flexibility index (Phi) is 5.40. The smallest absolute Gasteiger partial charge is 0.0695 e. The van der Waals surface area contributed by atoms with Crippen molar-refractivity contribution in [2.45, 2.75) is 37.8 Å². The summed E-state index contributed by atoms with van der Waals surface area (Å²) in [4.78, 5) is 1.99. The van der Waals surface area contributed by atoms with Crippen LogP contribution in [0.5, 0.6) is 0 Å². The van der Waals surface area contributed by atoms with Gasteiger partial charge in [-0.05, 0) is 12.8 Å². The molecule has 0 aromatic carbocycles. The minimum absolute atomic E-state index is 0.0865. The Bertz CT molecular complexity index is 148. The largest absolute Gasteiger partial charge is 0.395 e. The maximum Gasteiger partial charge on any atom is 0.0695 e. The third kappa shape index (κ3) is 3.20. The van der Waals surface area contributed by atoms with Crippen molar-refractivity contribution in [3.05, 3.63) is 0 Å². The lowest BCUT2D eigenvalue weighted by atomic mass is 9.91. The molecule has 14 heavy (non-hydrogen) atoms.